The van der Waals surface area contributed by atoms with Crippen LogP contribution in [0.5, 0.6) is 5.75 Å². The average Bonchev–Trinajstić information content (AvgIpc) is 3.06. The molecule has 0 saturated heterocycles. The molecule has 1 amide bonds. The molecule has 0 atom stereocenters. The zero-order valence-electron chi connectivity index (χ0n) is 14.0. The van der Waals surface area contributed by atoms with Crippen molar-refractivity contribution in [1.82, 2.24) is 20.2 Å². The summed E-state index contributed by atoms with van der Waals surface area (Å²) in [4.78, 5) is 13.6. The fraction of sp³-hybridized carbons (Fsp3) is 0.176. The lowest BCUT2D eigenvalue weighted by Gasteiger charge is -2.10. The maximum atomic E-state index is 12.3. The topological polar surface area (TPSA) is 81.9 Å². The van der Waals surface area contributed by atoms with Gasteiger partial charge in [-0.3, -0.25) is 4.79 Å². The molecule has 3 aromatic rings. The number of hydrogen-bond donors (Lipinski definition) is 1. The molecule has 0 unspecified atom stereocenters. The van der Waals surface area contributed by atoms with Crippen molar-refractivity contribution in [3.63, 3.8) is 0 Å². The van der Waals surface area contributed by atoms with Crippen LogP contribution in [0, 0.1) is 6.92 Å². The molecule has 0 radical (unpaired) electrons. The van der Waals surface area contributed by atoms with E-state index in [0.717, 1.165) is 20.1 Å². The second-order valence-corrected chi connectivity index (χ2v) is 7.24. The van der Waals surface area contributed by atoms with Gasteiger partial charge in [-0.15, -0.1) is 10.2 Å². The first-order chi connectivity index (χ1) is 12.5. The van der Waals surface area contributed by atoms with E-state index in [4.69, 9.17) is 4.74 Å². The Hall–Kier alpha value is -2.26. The quantitative estimate of drug-likeness (QED) is 0.600. The third-order valence-corrected chi connectivity index (χ3v) is 4.77. The van der Waals surface area contributed by atoms with Gasteiger partial charge in [0.2, 0.25) is 11.7 Å². The normalized spacial score (nSPS) is 10.6. The van der Waals surface area contributed by atoms with Crippen molar-refractivity contribution < 1.29 is 9.53 Å². The number of hydrogen-bond acceptors (Lipinski definition) is 5. The highest BCUT2D eigenvalue weighted by Crippen LogP contribution is 2.32. The number of tetrazole rings is 1. The third kappa shape index (κ3) is 4.28. The number of anilines is 1. The van der Waals surface area contributed by atoms with Crippen molar-refractivity contribution in [1.29, 1.82) is 0 Å². The van der Waals surface area contributed by atoms with Crippen LogP contribution in [0.4, 0.5) is 5.69 Å². The molecule has 0 spiro atoms. The number of ether oxygens (including phenoxy) is 1. The predicted octanol–water partition coefficient (Wildman–Crippen LogP) is 3.82. The van der Waals surface area contributed by atoms with E-state index < -0.39 is 0 Å². The van der Waals surface area contributed by atoms with E-state index in [0.29, 0.717) is 17.3 Å². The summed E-state index contributed by atoms with van der Waals surface area (Å²) in [5.74, 6) is 0.866. The van der Waals surface area contributed by atoms with E-state index in [1.54, 1.807) is 7.11 Å². The highest BCUT2D eigenvalue weighted by molar-refractivity contribution is 9.11. The van der Waals surface area contributed by atoms with Gasteiger partial charge in [0.15, 0.2) is 0 Å². The second kappa shape index (κ2) is 7.96. The van der Waals surface area contributed by atoms with Crippen molar-refractivity contribution in [2.45, 2.75) is 13.5 Å². The van der Waals surface area contributed by atoms with E-state index in [2.05, 4.69) is 52.6 Å². The van der Waals surface area contributed by atoms with Crippen LogP contribution in [0.25, 0.3) is 11.4 Å². The van der Waals surface area contributed by atoms with Gasteiger partial charge in [-0.05, 0) is 73.8 Å². The monoisotopic (exact) mass is 479 g/mol. The SMILES string of the molecule is COc1cccc(-c2nnn(CC(=O)Nc3c(Br)cc(C)cc3Br)n2)c1. The predicted molar refractivity (Wildman–Crippen MR) is 105 cm³/mol. The highest BCUT2D eigenvalue weighted by atomic mass is 79.9. The summed E-state index contributed by atoms with van der Waals surface area (Å²) >= 11 is 6.91. The third-order valence-electron chi connectivity index (χ3n) is 3.52. The number of carbonyl (C=O) groups is 1. The Kier molecular flexibility index (Phi) is 5.67. The van der Waals surface area contributed by atoms with E-state index >= 15 is 0 Å². The van der Waals surface area contributed by atoms with Gasteiger partial charge in [-0.1, -0.05) is 12.1 Å². The number of amides is 1. The van der Waals surface area contributed by atoms with Crippen LogP contribution in [-0.4, -0.2) is 33.2 Å². The van der Waals surface area contributed by atoms with Gasteiger partial charge in [0, 0.05) is 14.5 Å². The van der Waals surface area contributed by atoms with Crippen LogP contribution in [0.2, 0.25) is 0 Å². The van der Waals surface area contributed by atoms with Crippen molar-refractivity contribution in [3.8, 4) is 17.1 Å². The number of rotatable bonds is 5. The van der Waals surface area contributed by atoms with Crippen molar-refractivity contribution in [2.24, 2.45) is 0 Å². The van der Waals surface area contributed by atoms with Crippen LogP contribution < -0.4 is 10.1 Å². The van der Waals surface area contributed by atoms with Crippen molar-refractivity contribution >= 4 is 43.5 Å². The molecule has 1 aromatic heterocycles. The van der Waals surface area contributed by atoms with Gasteiger partial charge >= 0.3 is 0 Å². The Bertz CT molecular complexity index is 935. The number of halogens is 2. The molecular weight excluding hydrogens is 466 g/mol. The summed E-state index contributed by atoms with van der Waals surface area (Å²) in [5.41, 5.74) is 2.50. The summed E-state index contributed by atoms with van der Waals surface area (Å²) in [5, 5.41) is 15.0. The molecule has 0 aliphatic carbocycles. The fourth-order valence-electron chi connectivity index (χ4n) is 2.31. The zero-order chi connectivity index (χ0) is 18.7. The van der Waals surface area contributed by atoms with E-state index in [9.17, 15) is 4.79 Å². The maximum absolute atomic E-state index is 12.3. The number of nitrogens with zero attached hydrogens (tertiary/aromatic N) is 4. The van der Waals surface area contributed by atoms with Crippen LogP contribution in [0.15, 0.2) is 45.3 Å². The smallest absolute Gasteiger partial charge is 0.248 e. The number of benzene rings is 2. The molecule has 0 saturated carbocycles. The minimum atomic E-state index is -0.259. The summed E-state index contributed by atoms with van der Waals surface area (Å²) in [7, 11) is 1.59. The number of nitrogens with one attached hydrogen (secondary N) is 1. The minimum absolute atomic E-state index is 0.0519. The minimum Gasteiger partial charge on any atom is -0.497 e. The van der Waals surface area contributed by atoms with Gasteiger partial charge in [-0.2, -0.15) is 4.80 Å². The van der Waals surface area contributed by atoms with Crippen molar-refractivity contribution in [3.05, 3.63) is 50.9 Å². The highest BCUT2D eigenvalue weighted by Gasteiger charge is 2.13. The maximum Gasteiger partial charge on any atom is 0.248 e. The molecule has 26 heavy (non-hydrogen) atoms. The molecule has 1 heterocycles. The van der Waals surface area contributed by atoms with Gasteiger partial charge < -0.3 is 10.1 Å². The van der Waals surface area contributed by atoms with E-state index in [-0.39, 0.29) is 12.5 Å². The zero-order valence-corrected chi connectivity index (χ0v) is 17.2. The molecular formula is C17H15Br2N5O2. The molecule has 0 bridgehead atoms. The molecule has 7 nitrogen and oxygen atoms in total. The molecule has 2 aromatic carbocycles. The first kappa shape index (κ1) is 18.5. The summed E-state index contributed by atoms with van der Waals surface area (Å²) < 4.78 is 6.77. The molecule has 0 aliphatic rings. The summed E-state index contributed by atoms with van der Waals surface area (Å²) in [6, 6.07) is 11.2. The molecule has 9 heteroatoms. The average molecular weight is 481 g/mol. The van der Waals surface area contributed by atoms with Gasteiger partial charge in [0.05, 0.1) is 12.8 Å². The van der Waals surface area contributed by atoms with E-state index in [1.807, 2.05) is 43.3 Å². The van der Waals surface area contributed by atoms with Gasteiger partial charge in [0.25, 0.3) is 0 Å². The Morgan fingerprint density at radius 3 is 2.65 bits per heavy atom. The molecule has 134 valence electrons. The fourth-order valence-corrected chi connectivity index (χ4v) is 3.93. The number of aromatic nitrogens is 4. The van der Waals surface area contributed by atoms with Crippen LogP contribution in [-0.2, 0) is 11.3 Å². The summed E-state index contributed by atoms with van der Waals surface area (Å²) in [6.45, 7) is 1.92. The lowest BCUT2D eigenvalue weighted by molar-refractivity contribution is -0.117. The number of carbonyl (C=O) groups excluding carboxylic acids is 1. The molecule has 3 rings (SSSR count). The van der Waals surface area contributed by atoms with Crippen LogP contribution >= 0.6 is 31.9 Å². The Labute approximate surface area is 167 Å². The summed E-state index contributed by atoms with van der Waals surface area (Å²) in [6.07, 6.45) is 0. The van der Waals surface area contributed by atoms with Gasteiger partial charge in [-0.25, -0.2) is 0 Å². The molecule has 1 N–H and O–H groups in total. The first-order valence-electron chi connectivity index (χ1n) is 7.64. The number of methoxy groups -OCH3 is 1. The van der Waals surface area contributed by atoms with Crippen LogP contribution in [0.3, 0.4) is 0 Å². The molecule has 0 aliphatic heterocycles. The Morgan fingerprint density at radius 1 is 1.23 bits per heavy atom. The van der Waals surface area contributed by atoms with Crippen molar-refractivity contribution in [2.75, 3.05) is 12.4 Å². The Balaban J connectivity index is 1.72. The molecule has 0 fully saturated rings. The van der Waals surface area contributed by atoms with Crippen LogP contribution in [0.1, 0.15) is 5.56 Å². The van der Waals surface area contributed by atoms with Gasteiger partial charge in [0.1, 0.15) is 12.3 Å². The lowest BCUT2D eigenvalue weighted by Crippen LogP contribution is -2.21. The largest absolute Gasteiger partial charge is 0.497 e. The lowest BCUT2D eigenvalue weighted by atomic mass is 10.2. The standard InChI is InChI=1S/C17H15Br2N5O2/c1-10-6-13(18)16(14(19)7-10)20-15(25)9-24-22-17(21-23-24)11-4-3-5-12(8-11)26-2/h3-8H,9H2,1-2H3,(H,20,25). The Morgan fingerprint density at radius 2 is 1.96 bits per heavy atom. The second-order valence-electron chi connectivity index (χ2n) is 5.53. The number of aryl methyl sites for hydroxylation is 1. The first-order valence-corrected chi connectivity index (χ1v) is 9.22. The van der Waals surface area contributed by atoms with E-state index in [1.165, 1.54) is 4.80 Å².